The number of hydrogen-bond acceptors (Lipinski definition) is 6. The predicted molar refractivity (Wildman–Crippen MR) is 106 cm³/mol. The minimum atomic E-state index is -0.556. The lowest BCUT2D eigenvalue weighted by Gasteiger charge is -2.08. The number of amides is 2. The monoisotopic (exact) mass is 402 g/mol. The molecule has 0 bridgehead atoms. The van der Waals surface area contributed by atoms with Crippen LogP contribution in [-0.4, -0.2) is 31.0 Å². The van der Waals surface area contributed by atoms with Crippen molar-refractivity contribution in [2.24, 2.45) is 5.73 Å². The number of rotatable bonds is 8. The van der Waals surface area contributed by atoms with Gasteiger partial charge in [0.25, 0.3) is 11.8 Å². The molecule has 1 aliphatic rings. The first-order valence-corrected chi connectivity index (χ1v) is 9.85. The third-order valence-electron chi connectivity index (χ3n) is 4.38. The first-order valence-electron chi connectivity index (χ1n) is 9.03. The van der Waals surface area contributed by atoms with Crippen LogP contribution in [-0.2, 0) is 27.2 Å². The highest BCUT2D eigenvalue weighted by atomic mass is 32.1. The van der Waals surface area contributed by atoms with Gasteiger partial charge in [-0.3, -0.25) is 14.4 Å². The average molecular weight is 402 g/mol. The van der Waals surface area contributed by atoms with Crippen molar-refractivity contribution >= 4 is 34.1 Å². The van der Waals surface area contributed by atoms with Crippen molar-refractivity contribution in [2.45, 2.75) is 32.6 Å². The van der Waals surface area contributed by atoms with Crippen LogP contribution >= 0.6 is 11.3 Å². The molecule has 1 heterocycles. The Morgan fingerprint density at radius 3 is 2.64 bits per heavy atom. The van der Waals surface area contributed by atoms with Crippen LogP contribution in [0.4, 0.5) is 5.00 Å². The summed E-state index contributed by atoms with van der Waals surface area (Å²) in [6, 6.07) is 7.48. The average Bonchev–Trinajstić information content (AvgIpc) is 3.22. The molecule has 0 fully saturated rings. The maximum Gasteiger partial charge on any atom is 0.309 e. The highest BCUT2D eigenvalue weighted by Crippen LogP contribution is 2.38. The Balaban J connectivity index is 1.43. The molecule has 2 aromatic rings. The topological polar surface area (TPSA) is 108 Å². The molecule has 28 heavy (non-hydrogen) atoms. The van der Waals surface area contributed by atoms with Gasteiger partial charge >= 0.3 is 5.97 Å². The van der Waals surface area contributed by atoms with Gasteiger partial charge in [-0.1, -0.05) is 17.7 Å². The lowest BCUT2D eigenvalue weighted by molar-refractivity contribution is -0.147. The molecule has 1 aromatic heterocycles. The van der Waals surface area contributed by atoms with Crippen molar-refractivity contribution in [2.75, 3.05) is 18.5 Å². The summed E-state index contributed by atoms with van der Waals surface area (Å²) in [4.78, 5) is 36.7. The van der Waals surface area contributed by atoms with E-state index in [9.17, 15) is 14.4 Å². The lowest BCUT2D eigenvalue weighted by Crippen LogP contribution is -2.23. The molecule has 7 nitrogen and oxygen atoms in total. The van der Waals surface area contributed by atoms with Crippen molar-refractivity contribution in [1.29, 1.82) is 0 Å². The SMILES string of the molecule is Cc1ccc(OCCC(=O)OCC(=O)Nc2sc3c(c2C(N)=O)CCC3)cc1. The van der Waals surface area contributed by atoms with Crippen molar-refractivity contribution in [1.82, 2.24) is 0 Å². The second-order valence-electron chi connectivity index (χ2n) is 6.55. The largest absolute Gasteiger partial charge is 0.493 e. The molecule has 1 aliphatic carbocycles. The smallest absolute Gasteiger partial charge is 0.309 e. The third kappa shape index (κ3) is 4.89. The van der Waals surface area contributed by atoms with Crippen LogP contribution in [0.3, 0.4) is 0 Å². The number of fused-ring (bicyclic) bond motifs is 1. The van der Waals surface area contributed by atoms with Gasteiger partial charge in [-0.25, -0.2) is 0 Å². The van der Waals surface area contributed by atoms with Gasteiger partial charge in [0.1, 0.15) is 10.8 Å². The van der Waals surface area contributed by atoms with Gasteiger partial charge in [-0.05, 0) is 43.9 Å². The summed E-state index contributed by atoms with van der Waals surface area (Å²) < 4.78 is 10.4. The number of anilines is 1. The summed E-state index contributed by atoms with van der Waals surface area (Å²) in [5.41, 5.74) is 7.88. The van der Waals surface area contributed by atoms with E-state index in [0.29, 0.717) is 16.3 Å². The van der Waals surface area contributed by atoms with Crippen LogP contribution in [0.5, 0.6) is 5.75 Å². The zero-order chi connectivity index (χ0) is 20.1. The number of carbonyl (C=O) groups excluding carboxylic acids is 3. The van der Waals surface area contributed by atoms with E-state index in [0.717, 1.165) is 35.3 Å². The van der Waals surface area contributed by atoms with E-state index in [-0.39, 0.29) is 13.0 Å². The normalized spacial score (nSPS) is 12.3. The van der Waals surface area contributed by atoms with Crippen LogP contribution in [0.25, 0.3) is 0 Å². The number of carbonyl (C=O) groups is 3. The van der Waals surface area contributed by atoms with Gasteiger partial charge in [0.05, 0.1) is 18.6 Å². The molecule has 1 aromatic carbocycles. The fraction of sp³-hybridized carbons (Fsp3) is 0.350. The van der Waals surface area contributed by atoms with Crippen LogP contribution in [0.15, 0.2) is 24.3 Å². The zero-order valence-electron chi connectivity index (χ0n) is 15.6. The number of thiophene rings is 1. The van der Waals surface area contributed by atoms with Gasteiger partial charge in [-0.15, -0.1) is 11.3 Å². The summed E-state index contributed by atoms with van der Waals surface area (Å²) in [5.74, 6) is -0.929. The molecule has 148 valence electrons. The standard InChI is InChI=1S/C20H22N2O5S/c1-12-5-7-13(8-6-12)26-10-9-17(24)27-11-16(23)22-20-18(19(21)25)14-3-2-4-15(14)28-20/h5-8H,2-4,9-11H2,1H3,(H2,21,25)(H,22,23). The van der Waals surface area contributed by atoms with E-state index < -0.39 is 24.4 Å². The van der Waals surface area contributed by atoms with Crippen LogP contribution in [0, 0.1) is 6.92 Å². The lowest BCUT2D eigenvalue weighted by atomic mass is 10.1. The Morgan fingerprint density at radius 1 is 1.18 bits per heavy atom. The predicted octanol–water partition coefficient (Wildman–Crippen LogP) is 2.59. The quantitative estimate of drug-likeness (QED) is 0.660. The number of esters is 1. The van der Waals surface area contributed by atoms with E-state index in [2.05, 4.69) is 5.32 Å². The van der Waals surface area contributed by atoms with E-state index in [1.807, 2.05) is 31.2 Å². The minimum Gasteiger partial charge on any atom is -0.493 e. The number of ether oxygens (including phenoxy) is 2. The number of nitrogens with one attached hydrogen (secondary N) is 1. The number of hydrogen-bond donors (Lipinski definition) is 2. The van der Waals surface area contributed by atoms with Crippen LogP contribution in [0.2, 0.25) is 0 Å². The van der Waals surface area contributed by atoms with Crippen molar-refractivity contribution in [3.05, 3.63) is 45.8 Å². The van der Waals surface area contributed by atoms with Crippen LogP contribution in [0.1, 0.15) is 39.2 Å². The Morgan fingerprint density at radius 2 is 1.93 bits per heavy atom. The number of primary amides is 1. The number of nitrogens with two attached hydrogens (primary N) is 1. The van der Waals surface area contributed by atoms with E-state index in [1.165, 1.54) is 11.3 Å². The summed E-state index contributed by atoms with van der Waals surface area (Å²) in [6.07, 6.45) is 2.68. The molecule has 0 aliphatic heterocycles. The van der Waals surface area contributed by atoms with Gasteiger partial charge in [-0.2, -0.15) is 0 Å². The second-order valence-corrected chi connectivity index (χ2v) is 7.65. The molecule has 3 N–H and O–H groups in total. The molecule has 2 amide bonds. The van der Waals surface area contributed by atoms with Crippen molar-refractivity contribution < 1.29 is 23.9 Å². The molecule has 0 spiro atoms. The summed E-state index contributed by atoms with van der Waals surface area (Å²) in [6.45, 7) is 1.71. The molecule has 0 unspecified atom stereocenters. The molecular weight excluding hydrogens is 380 g/mol. The van der Waals surface area contributed by atoms with E-state index in [4.69, 9.17) is 15.2 Å². The maximum absolute atomic E-state index is 12.1. The molecule has 0 saturated carbocycles. The molecular formula is C20H22N2O5S. The first-order chi connectivity index (χ1) is 13.4. The Hall–Kier alpha value is -2.87. The zero-order valence-corrected chi connectivity index (χ0v) is 16.4. The van der Waals surface area contributed by atoms with Crippen LogP contribution < -0.4 is 15.8 Å². The Kier molecular flexibility index (Phi) is 6.30. The molecule has 0 saturated heterocycles. The fourth-order valence-electron chi connectivity index (χ4n) is 3.02. The highest BCUT2D eigenvalue weighted by molar-refractivity contribution is 7.17. The summed E-state index contributed by atoms with van der Waals surface area (Å²) in [7, 11) is 0. The number of aryl methyl sites for hydroxylation is 2. The van der Waals surface area contributed by atoms with Gasteiger partial charge < -0.3 is 20.5 Å². The Labute approximate surface area is 166 Å². The van der Waals surface area contributed by atoms with Gasteiger partial charge in [0, 0.05) is 4.88 Å². The molecule has 3 rings (SSSR count). The highest BCUT2D eigenvalue weighted by Gasteiger charge is 2.26. The maximum atomic E-state index is 12.1. The van der Waals surface area contributed by atoms with Crippen molar-refractivity contribution in [3.63, 3.8) is 0 Å². The fourth-order valence-corrected chi connectivity index (χ4v) is 4.33. The van der Waals surface area contributed by atoms with E-state index in [1.54, 1.807) is 0 Å². The van der Waals surface area contributed by atoms with Crippen molar-refractivity contribution in [3.8, 4) is 5.75 Å². The summed E-state index contributed by atoms with van der Waals surface area (Å²) >= 11 is 1.36. The minimum absolute atomic E-state index is 0.0288. The molecule has 0 radical (unpaired) electrons. The van der Waals surface area contributed by atoms with Gasteiger partial charge in [0.2, 0.25) is 0 Å². The van der Waals surface area contributed by atoms with Gasteiger partial charge in [0.15, 0.2) is 6.61 Å². The first kappa shape index (κ1) is 19.9. The second kappa shape index (κ2) is 8.88. The molecule has 8 heteroatoms. The summed E-state index contributed by atoms with van der Waals surface area (Å²) in [5, 5.41) is 3.07. The third-order valence-corrected chi connectivity index (χ3v) is 5.59. The Bertz CT molecular complexity index is 889. The number of benzene rings is 1. The molecule has 0 atom stereocenters. The van der Waals surface area contributed by atoms with E-state index >= 15 is 0 Å².